The van der Waals surface area contributed by atoms with E-state index in [1.165, 1.54) is 36.4 Å². The SMILES string of the molecule is O=C(O)c1ccc(C(=O)NCc2ccc([N+](=O)[O-])cc2)o1. The first-order valence-corrected chi connectivity index (χ1v) is 5.82. The molecule has 0 fully saturated rings. The molecular formula is C13H10N2O6. The number of carbonyl (C=O) groups is 2. The lowest BCUT2D eigenvalue weighted by atomic mass is 10.2. The Morgan fingerprint density at radius 3 is 2.29 bits per heavy atom. The van der Waals surface area contributed by atoms with Gasteiger partial charge in [0.25, 0.3) is 11.6 Å². The van der Waals surface area contributed by atoms with Crippen molar-refractivity contribution >= 4 is 17.6 Å². The Hall–Kier alpha value is -3.16. The van der Waals surface area contributed by atoms with Crippen LogP contribution in [0, 0.1) is 10.1 Å². The Labute approximate surface area is 118 Å². The van der Waals surface area contributed by atoms with E-state index in [1.54, 1.807) is 0 Å². The van der Waals surface area contributed by atoms with Crippen molar-refractivity contribution in [3.8, 4) is 0 Å². The number of carboxylic acids is 1. The fourth-order valence-corrected chi connectivity index (χ4v) is 1.58. The Morgan fingerprint density at radius 1 is 1.14 bits per heavy atom. The number of hydrogen-bond donors (Lipinski definition) is 2. The molecule has 8 heteroatoms. The summed E-state index contributed by atoms with van der Waals surface area (Å²) >= 11 is 0. The van der Waals surface area contributed by atoms with Crippen LogP contribution in [-0.4, -0.2) is 21.9 Å². The van der Waals surface area contributed by atoms with Gasteiger partial charge in [0.05, 0.1) is 4.92 Å². The number of rotatable bonds is 5. The lowest BCUT2D eigenvalue weighted by Gasteiger charge is -2.03. The Morgan fingerprint density at radius 2 is 1.76 bits per heavy atom. The predicted molar refractivity (Wildman–Crippen MR) is 69.9 cm³/mol. The molecule has 0 bridgehead atoms. The van der Waals surface area contributed by atoms with E-state index in [0.717, 1.165) is 0 Å². The van der Waals surface area contributed by atoms with E-state index in [0.29, 0.717) is 5.56 Å². The highest BCUT2D eigenvalue weighted by Gasteiger charge is 2.14. The minimum atomic E-state index is -1.26. The summed E-state index contributed by atoms with van der Waals surface area (Å²) in [6.45, 7) is 0.139. The third-order valence-corrected chi connectivity index (χ3v) is 2.64. The average molecular weight is 290 g/mol. The number of nitrogens with one attached hydrogen (secondary N) is 1. The molecule has 1 amide bonds. The second kappa shape index (κ2) is 5.87. The molecule has 0 radical (unpaired) electrons. The molecule has 0 saturated heterocycles. The number of carboxylic acid groups (broad SMARTS) is 1. The molecule has 0 saturated carbocycles. The van der Waals surface area contributed by atoms with Gasteiger partial charge in [-0.2, -0.15) is 0 Å². The summed E-state index contributed by atoms with van der Waals surface area (Å²) in [5.74, 6) is -2.27. The zero-order valence-electron chi connectivity index (χ0n) is 10.6. The molecular weight excluding hydrogens is 280 g/mol. The topological polar surface area (TPSA) is 123 Å². The molecule has 2 N–H and O–H groups in total. The van der Waals surface area contributed by atoms with Gasteiger partial charge in [-0.15, -0.1) is 0 Å². The first-order valence-electron chi connectivity index (χ1n) is 5.82. The Kier molecular flexibility index (Phi) is 3.98. The number of carbonyl (C=O) groups excluding carboxylic acids is 1. The summed E-state index contributed by atoms with van der Waals surface area (Å²) in [6.07, 6.45) is 0. The molecule has 0 aliphatic rings. The quantitative estimate of drug-likeness (QED) is 0.639. The van der Waals surface area contributed by atoms with Gasteiger partial charge in [-0.25, -0.2) is 4.79 Å². The molecule has 21 heavy (non-hydrogen) atoms. The number of nitro groups is 1. The molecule has 2 aromatic rings. The van der Waals surface area contributed by atoms with Gasteiger partial charge in [0.15, 0.2) is 5.76 Å². The number of aromatic carboxylic acids is 1. The minimum absolute atomic E-state index is 0.0396. The number of nitrogens with zero attached hydrogens (tertiary/aromatic N) is 1. The van der Waals surface area contributed by atoms with Crippen LogP contribution in [0.4, 0.5) is 5.69 Å². The number of non-ortho nitro benzene ring substituents is 1. The summed E-state index contributed by atoms with van der Waals surface area (Å²) in [5.41, 5.74) is 0.626. The van der Waals surface area contributed by atoms with Gasteiger partial charge in [-0.1, -0.05) is 12.1 Å². The minimum Gasteiger partial charge on any atom is -0.475 e. The fourth-order valence-electron chi connectivity index (χ4n) is 1.58. The summed E-state index contributed by atoms with van der Waals surface area (Å²) in [5, 5.41) is 21.7. The summed E-state index contributed by atoms with van der Waals surface area (Å²) in [4.78, 5) is 32.3. The van der Waals surface area contributed by atoms with Gasteiger partial charge in [0, 0.05) is 18.7 Å². The van der Waals surface area contributed by atoms with E-state index in [2.05, 4.69) is 5.32 Å². The van der Waals surface area contributed by atoms with Gasteiger partial charge < -0.3 is 14.8 Å². The normalized spacial score (nSPS) is 10.1. The van der Waals surface area contributed by atoms with Gasteiger partial charge in [-0.05, 0) is 17.7 Å². The van der Waals surface area contributed by atoms with Crippen LogP contribution >= 0.6 is 0 Å². The van der Waals surface area contributed by atoms with Crippen molar-refractivity contribution in [1.82, 2.24) is 5.32 Å². The molecule has 2 rings (SSSR count). The van der Waals surface area contributed by atoms with Crippen LogP contribution in [0.15, 0.2) is 40.8 Å². The van der Waals surface area contributed by atoms with Gasteiger partial charge in [-0.3, -0.25) is 14.9 Å². The van der Waals surface area contributed by atoms with Crippen LogP contribution in [0.2, 0.25) is 0 Å². The second-order valence-electron chi connectivity index (χ2n) is 4.08. The maximum atomic E-state index is 11.7. The van der Waals surface area contributed by atoms with Crippen molar-refractivity contribution in [2.75, 3.05) is 0 Å². The molecule has 1 heterocycles. The van der Waals surface area contributed by atoms with Gasteiger partial charge in [0.2, 0.25) is 5.76 Å². The Bertz CT molecular complexity index is 689. The predicted octanol–water partition coefficient (Wildman–Crippen LogP) is 1.82. The van der Waals surface area contributed by atoms with Crippen LogP contribution in [0.5, 0.6) is 0 Å². The van der Waals surface area contributed by atoms with Crippen LogP contribution < -0.4 is 5.32 Å². The smallest absolute Gasteiger partial charge is 0.371 e. The Balaban J connectivity index is 1.97. The summed E-state index contributed by atoms with van der Waals surface area (Å²) < 4.78 is 4.84. The second-order valence-corrected chi connectivity index (χ2v) is 4.08. The van der Waals surface area contributed by atoms with Crippen molar-refractivity contribution in [3.05, 3.63) is 63.6 Å². The van der Waals surface area contributed by atoms with Crippen LogP contribution in [0.1, 0.15) is 26.7 Å². The standard InChI is InChI=1S/C13H10N2O6/c16-12(10-5-6-11(21-10)13(17)18)14-7-8-1-3-9(4-2-8)15(19)20/h1-6H,7H2,(H,14,16)(H,17,18). The van der Waals surface area contributed by atoms with Crippen LogP contribution in [-0.2, 0) is 6.54 Å². The third-order valence-electron chi connectivity index (χ3n) is 2.64. The zero-order chi connectivity index (χ0) is 15.4. The van der Waals surface area contributed by atoms with Gasteiger partial charge >= 0.3 is 5.97 Å². The molecule has 1 aromatic heterocycles. The molecule has 0 spiro atoms. The van der Waals surface area contributed by atoms with Crippen LogP contribution in [0.25, 0.3) is 0 Å². The number of furan rings is 1. The van der Waals surface area contributed by atoms with Crippen molar-refractivity contribution in [1.29, 1.82) is 0 Å². The van der Waals surface area contributed by atoms with Gasteiger partial charge in [0.1, 0.15) is 0 Å². The van der Waals surface area contributed by atoms with E-state index < -0.39 is 16.8 Å². The average Bonchev–Trinajstić information content (AvgIpc) is 2.95. The molecule has 1 aromatic carbocycles. The lowest BCUT2D eigenvalue weighted by molar-refractivity contribution is -0.384. The first-order chi connectivity index (χ1) is 9.97. The maximum Gasteiger partial charge on any atom is 0.371 e. The number of nitro benzene ring substituents is 1. The van der Waals surface area contributed by atoms with E-state index in [-0.39, 0.29) is 23.8 Å². The van der Waals surface area contributed by atoms with Crippen molar-refractivity contribution in [3.63, 3.8) is 0 Å². The monoisotopic (exact) mass is 290 g/mol. The number of amides is 1. The van der Waals surface area contributed by atoms with E-state index in [4.69, 9.17) is 9.52 Å². The zero-order valence-corrected chi connectivity index (χ0v) is 10.6. The van der Waals surface area contributed by atoms with Crippen molar-refractivity contribution < 1.29 is 24.0 Å². The fraction of sp³-hybridized carbons (Fsp3) is 0.0769. The van der Waals surface area contributed by atoms with E-state index in [1.807, 2.05) is 0 Å². The highest BCUT2D eigenvalue weighted by Crippen LogP contribution is 2.12. The van der Waals surface area contributed by atoms with Crippen molar-refractivity contribution in [2.45, 2.75) is 6.54 Å². The molecule has 0 atom stereocenters. The maximum absolute atomic E-state index is 11.7. The lowest BCUT2D eigenvalue weighted by Crippen LogP contribution is -2.22. The molecule has 108 valence electrons. The third kappa shape index (κ3) is 3.44. The van der Waals surface area contributed by atoms with Crippen LogP contribution in [0.3, 0.4) is 0 Å². The largest absolute Gasteiger partial charge is 0.475 e. The molecule has 0 unspecified atom stereocenters. The van der Waals surface area contributed by atoms with E-state index >= 15 is 0 Å². The summed E-state index contributed by atoms with van der Waals surface area (Å²) in [7, 11) is 0. The number of hydrogen-bond acceptors (Lipinski definition) is 5. The van der Waals surface area contributed by atoms with Crippen molar-refractivity contribution in [2.24, 2.45) is 0 Å². The summed E-state index contributed by atoms with van der Waals surface area (Å²) in [6, 6.07) is 8.14. The first kappa shape index (κ1) is 14.3. The number of benzene rings is 1. The molecule has 0 aliphatic carbocycles. The molecule has 0 aliphatic heterocycles. The highest BCUT2D eigenvalue weighted by atomic mass is 16.6. The van der Waals surface area contributed by atoms with E-state index in [9.17, 15) is 19.7 Å². The molecule has 8 nitrogen and oxygen atoms in total. The highest BCUT2D eigenvalue weighted by molar-refractivity contribution is 5.93.